The van der Waals surface area contributed by atoms with Crippen molar-refractivity contribution in [3.8, 4) is 66.9 Å². The van der Waals surface area contributed by atoms with Gasteiger partial charge in [0.25, 0.3) is 0 Å². The molecule has 1 aromatic heterocycles. The maximum Gasteiger partial charge on any atom is 0.0714 e. The highest BCUT2D eigenvalue weighted by Gasteiger charge is 2.22. The molecule has 0 saturated carbocycles. The number of rotatable bonds is 6. The molecule has 368 valence electrons. The number of pyridine rings is 1. The van der Waals surface area contributed by atoms with Crippen LogP contribution < -0.4 is 0 Å². The molecule has 0 aliphatic rings. The molecule has 0 aliphatic heterocycles. The van der Waals surface area contributed by atoms with Gasteiger partial charge >= 0.3 is 0 Å². The summed E-state index contributed by atoms with van der Waals surface area (Å²) in [7, 11) is 0. The summed E-state index contributed by atoms with van der Waals surface area (Å²) in [6.07, 6.45) is 2.08. The van der Waals surface area contributed by atoms with Gasteiger partial charge in [-0.15, -0.1) is 0 Å². The molecule has 17 rings (SSSR count). The second kappa shape index (κ2) is 17.5. The predicted octanol–water partition coefficient (Wildman–Crippen LogP) is 22.1. The molecule has 0 saturated heterocycles. The minimum Gasteiger partial charge on any atom is -0.256 e. The van der Waals surface area contributed by atoms with E-state index in [0.29, 0.717) is 0 Å². The van der Waals surface area contributed by atoms with Crippen molar-refractivity contribution in [2.75, 3.05) is 0 Å². The number of fused-ring (bicyclic) bond motifs is 8. The highest BCUT2D eigenvalue weighted by Crippen LogP contribution is 2.49. The first-order valence-electron chi connectivity index (χ1n) is 27.7. The average Bonchev–Trinajstić information content (AvgIpc) is 3.57. The smallest absolute Gasteiger partial charge is 0.0714 e. The Kier molecular flexibility index (Phi) is 9.78. The van der Waals surface area contributed by atoms with Gasteiger partial charge in [-0.05, 0) is 182 Å². The van der Waals surface area contributed by atoms with Crippen LogP contribution in [0.3, 0.4) is 0 Å². The van der Waals surface area contributed by atoms with Crippen molar-refractivity contribution in [3.05, 3.63) is 285 Å². The van der Waals surface area contributed by atoms with Gasteiger partial charge in [-0.25, -0.2) is 0 Å². The molecule has 0 atom stereocenters. The Morgan fingerprint density at radius 1 is 0.188 bits per heavy atom. The molecular formula is C79H47N. The minimum atomic E-state index is 0.951. The van der Waals surface area contributed by atoms with Crippen LogP contribution >= 0.6 is 0 Å². The fourth-order valence-corrected chi connectivity index (χ4v) is 13.8. The normalized spacial score (nSPS) is 12.0. The Morgan fingerprint density at radius 2 is 0.575 bits per heavy atom. The summed E-state index contributed by atoms with van der Waals surface area (Å²) in [4.78, 5) is 5.38. The average molecular weight is 1010 g/mol. The highest BCUT2D eigenvalue weighted by atomic mass is 14.7. The molecule has 1 nitrogen and oxygen atoms in total. The third kappa shape index (κ3) is 6.74. The first-order chi connectivity index (χ1) is 39.7. The molecule has 0 fully saturated rings. The monoisotopic (exact) mass is 1010 g/mol. The number of nitrogens with zero attached hydrogens (tertiary/aromatic N) is 1. The summed E-state index contributed by atoms with van der Waals surface area (Å²) in [5, 5.41) is 25.1. The third-order valence-corrected chi connectivity index (χ3v) is 17.4. The molecule has 16 aromatic carbocycles. The second-order valence-electron chi connectivity index (χ2n) is 21.6. The van der Waals surface area contributed by atoms with Gasteiger partial charge in [0.15, 0.2) is 0 Å². The summed E-state index contributed by atoms with van der Waals surface area (Å²) in [6, 6.07) is 104. The maximum atomic E-state index is 5.38. The Morgan fingerprint density at radius 3 is 1.15 bits per heavy atom. The van der Waals surface area contributed by atoms with Crippen molar-refractivity contribution < 1.29 is 0 Å². The van der Waals surface area contributed by atoms with Crippen LogP contribution in [0, 0.1) is 0 Å². The lowest BCUT2D eigenvalue weighted by Crippen LogP contribution is -1.94. The zero-order chi connectivity index (χ0) is 52.4. The van der Waals surface area contributed by atoms with E-state index in [1.807, 2.05) is 0 Å². The van der Waals surface area contributed by atoms with Gasteiger partial charge in [-0.3, -0.25) is 4.98 Å². The van der Waals surface area contributed by atoms with Crippen LogP contribution in [0.15, 0.2) is 285 Å². The van der Waals surface area contributed by atoms with Crippen molar-refractivity contribution in [1.29, 1.82) is 0 Å². The topological polar surface area (TPSA) is 12.9 Å². The van der Waals surface area contributed by atoms with Crippen LogP contribution in [-0.4, -0.2) is 4.98 Å². The summed E-state index contributed by atoms with van der Waals surface area (Å²) in [6.45, 7) is 0. The third-order valence-electron chi connectivity index (χ3n) is 17.4. The number of hydrogen-bond acceptors (Lipinski definition) is 1. The molecule has 0 radical (unpaired) electrons. The van der Waals surface area contributed by atoms with Gasteiger partial charge in [-0.1, -0.05) is 255 Å². The Bertz CT molecular complexity index is 5290. The van der Waals surface area contributed by atoms with Crippen LogP contribution in [0.25, 0.3) is 175 Å². The number of hydrogen-bond donors (Lipinski definition) is 0. The zero-order valence-electron chi connectivity index (χ0n) is 43.6. The Labute approximate surface area is 462 Å². The van der Waals surface area contributed by atoms with Gasteiger partial charge in [0.1, 0.15) is 0 Å². The van der Waals surface area contributed by atoms with E-state index in [1.165, 1.54) is 152 Å². The van der Waals surface area contributed by atoms with Gasteiger partial charge < -0.3 is 0 Å². The van der Waals surface area contributed by atoms with Crippen LogP contribution in [0.1, 0.15) is 0 Å². The zero-order valence-corrected chi connectivity index (χ0v) is 43.6. The SMILES string of the molecule is c1ccc2cc(-c3c4ccccc4c(-c4ccc5ccccc5c4)c4cc(-c5ccc(-c6c7ccccc7c(-c7ccc(-c8ccc9c%10cccc%11cccc(c%12cccc8c%129)c%11%10)cc7)c7ccccc67)nc5)ccc34)ccc2c1. The van der Waals surface area contributed by atoms with E-state index in [-0.39, 0.29) is 0 Å². The molecule has 0 bridgehead atoms. The van der Waals surface area contributed by atoms with Gasteiger partial charge in [0.05, 0.1) is 5.69 Å². The van der Waals surface area contributed by atoms with Gasteiger partial charge in [0, 0.05) is 17.3 Å². The second-order valence-corrected chi connectivity index (χ2v) is 21.6. The van der Waals surface area contributed by atoms with Crippen molar-refractivity contribution >= 4 is 108 Å². The van der Waals surface area contributed by atoms with E-state index in [9.17, 15) is 0 Å². The molecular weight excluding hydrogens is 963 g/mol. The maximum absolute atomic E-state index is 5.38. The van der Waals surface area contributed by atoms with E-state index in [4.69, 9.17) is 4.98 Å². The standard InChI is InChI=1S/C79H47N/c1-3-16-53-44-56(36-30-48(53)14-1)76-61-20-5-6-21-62(61)77(57-37-31-49-15-2-4-17-54(49)45-57)72-46-55(38-40-71(72)76)58-39-43-73(80-47-58)79-68-24-9-7-22-63(68)75(64-23-8-10-25-69(64)79)52-34-32-50(33-35-52)59-41-42-70-66-27-12-19-51-18-11-26-65(74(51)66)67-29-13-28-60(59)78(67)70/h1-47H. The van der Waals surface area contributed by atoms with Gasteiger partial charge in [0.2, 0.25) is 0 Å². The first kappa shape index (κ1) is 44.6. The quantitative estimate of drug-likeness (QED) is 0.119. The first-order valence-corrected chi connectivity index (χ1v) is 27.7. The fraction of sp³-hybridized carbons (Fsp3) is 0. The van der Waals surface area contributed by atoms with E-state index in [1.54, 1.807) is 0 Å². The molecule has 0 amide bonds. The molecule has 1 heterocycles. The van der Waals surface area contributed by atoms with Crippen molar-refractivity contribution in [2.45, 2.75) is 0 Å². The summed E-state index contributed by atoms with van der Waals surface area (Å²) in [5.41, 5.74) is 14.1. The lowest BCUT2D eigenvalue weighted by Gasteiger charge is -2.19. The molecule has 0 aliphatic carbocycles. The van der Waals surface area contributed by atoms with E-state index >= 15 is 0 Å². The Balaban J connectivity index is 0.789. The number of aromatic nitrogens is 1. The fourth-order valence-electron chi connectivity index (χ4n) is 13.8. The minimum absolute atomic E-state index is 0.951. The van der Waals surface area contributed by atoms with Crippen LogP contribution in [0.5, 0.6) is 0 Å². The van der Waals surface area contributed by atoms with Crippen molar-refractivity contribution in [3.63, 3.8) is 0 Å². The molecule has 1 heteroatoms. The number of benzene rings is 16. The largest absolute Gasteiger partial charge is 0.256 e. The summed E-state index contributed by atoms with van der Waals surface area (Å²) >= 11 is 0. The summed E-state index contributed by atoms with van der Waals surface area (Å²) in [5.74, 6) is 0. The van der Waals surface area contributed by atoms with Crippen LogP contribution in [0.2, 0.25) is 0 Å². The Hall–Kier alpha value is -10.5. The van der Waals surface area contributed by atoms with E-state index < -0.39 is 0 Å². The molecule has 0 N–H and O–H groups in total. The summed E-state index contributed by atoms with van der Waals surface area (Å²) < 4.78 is 0. The molecule has 0 spiro atoms. The van der Waals surface area contributed by atoms with Crippen LogP contribution in [0.4, 0.5) is 0 Å². The highest BCUT2D eigenvalue weighted by molar-refractivity contribution is 6.34. The predicted molar refractivity (Wildman–Crippen MR) is 343 cm³/mol. The van der Waals surface area contributed by atoms with E-state index in [0.717, 1.165) is 22.4 Å². The molecule has 80 heavy (non-hydrogen) atoms. The van der Waals surface area contributed by atoms with Gasteiger partial charge in [-0.2, -0.15) is 0 Å². The van der Waals surface area contributed by atoms with Crippen molar-refractivity contribution in [2.24, 2.45) is 0 Å². The van der Waals surface area contributed by atoms with E-state index in [2.05, 4.69) is 285 Å². The lowest BCUT2D eigenvalue weighted by atomic mass is 9.84. The lowest BCUT2D eigenvalue weighted by molar-refractivity contribution is 1.34. The molecule has 17 aromatic rings. The van der Waals surface area contributed by atoms with Crippen molar-refractivity contribution in [1.82, 2.24) is 4.98 Å². The van der Waals surface area contributed by atoms with Crippen LogP contribution in [-0.2, 0) is 0 Å². The molecule has 0 unspecified atom stereocenters.